The van der Waals surface area contributed by atoms with Crippen molar-refractivity contribution < 1.29 is 114 Å². The van der Waals surface area contributed by atoms with Gasteiger partial charge in [0.25, 0.3) is 0 Å². The van der Waals surface area contributed by atoms with E-state index in [0.29, 0.717) is 0 Å². The molecule has 0 spiro atoms. The molecule has 2 aromatic carbocycles. The maximum absolute atomic E-state index is 14.9. The van der Waals surface area contributed by atoms with Crippen LogP contribution in [0.2, 0.25) is 0 Å². The SMILES string of the molecule is CC(C)=CCc1c(O[C@@H]2O[C@H](CO)[C@@H](O)[C@H](O)[C@H]2O[C@@H]2O[C@@H](CO)[C@@H](O)[C@H](O)C2O)cc(O)c2c(=O)c(O[C@@H]3O[C@@H](C)[C@H](O)[C@H](O)[C@H]3O[C@H]3OC[C@H](O)[C@H](O)[C@@H]3O)c(-c3ccc(O)cc3)oc12. The molecule has 0 radical (unpaired) electrons. The second kappa shape index (κ2) is 20.8. The molecule has 5 heterocycles. The van der Waals surface area contributed by atoms with Crippen molar-refractivity contribution in [3.05, 3.63) is 57.8 Å². The molecular weight excluding hydrogens is 900 g/mol. The first-order valence-electron chi connectivity index (χ1n) is 21.3. The fraction of sp³-hybridized carbons (Fsp3) is 0.605. The quantitative estimate of drug-likeness (QED) is 0.0727. The Morgan fingerprint density at radius 1 is 0.687 bits per heavy atom. The summed E-state index contributed by atoms with van der Waals surface area (Å²) < 4.78 is 53.0. The minimum Gasteiger partial charge on any atom is -0.508 e. The van der Waals surface area contributed by atoms with Gasteiger partial charge in [0.1, 0.15) is 101 Å². The van der Waals surface area contributed by atoms with E-state index < -0.39 is 159 Å². The van der Waals surface area contributed by atoms with Crippen molar-refractivity contribution in [2.24, 2.45) is 0 Å². The summed E-state index contributed by atoms with van der Waals surface area (Å²) in [6, 6.07) is 6.17. The molecule has 0 bridgehead atoms. The van der Waals surface area contributed by atoms with Gasteiger partial charge in [-0.15, -0.1) is 0 Å². The van der Waals surface area contributed by atoms with E-state index in [2.05, 4.69) is 0 Å². The van der Waals surface area contributed by atoms with Crippen LogP contribution in [0.1, 0.15) is 26.3 Å². The van der Waals surface area contributed by atoms with Crippen molar-refractivity contribution in [3.8, 4) is 34.3 Å². The first-order valence-corrected chi connectivity index (χ1v) is 21.3. The second-order valence-corrected chi connectivity index (χ2v) is 17.0. The molecule has 1 unspecified atom stereocenters. The van der Waals surface area contributed by atoms with Gasteiger partial charge in [-0.1, -0.05) is 11.6 Å². The smallest absolute Gasteiger partial charge is 0.239 e. The van der Waals surface area contributed by atoms with Crippen LogP contribution >= 0.6 is 0 Å². The monoisotopic (exact) mass is 956 g/mol. The first kappa shape index (κ1) is 50.7. The van der Waals surface area contributed by atoms with Crippen LogP contribution in [0.4, 0.5) is 0 Å². The molecule has 4 aliphatic rings. The summed E-state index contributed by atoms with van der Waals surface area (Å²) in [5.41, 5.74) is -0.536. The lowest BCUT2D eigenvalue weighted by atomic mass is 9.97. The molecule has 67 heavy (non-hydrogen) atoms. The van der Waals surface area contributed by atoms with E-state index in [1.165, 1.54) is 31.2 Å². The van der Waals surface area contributed by atoms with Gasteiger partial charge in [-0.05, 0) is 51.5 Å². The van der Waals surface area contributed by atoms with E-state index in [1.54, 1.807) is 19.9 Å². The number of rotatable bonds is 13. The largest absolute Gasteiger partial charge is 0.508 e. The lowest BCUT2D eigenvalue weighted by Crippen LogP contribution is -2.65. The van der Waals surface area contributed by atoms with Gasteiger partial charge >= 0.3 is 0 Å². The van der Waals surface area contributed by atoms with E-state index in [4.69, 9.17) is 42.3 Å². The van der Waals surface area contributed by atoms with Crippen LogP contribution in [0.5, 0.6) is 23.0 Å². The number of phenols is 2. The number of benzene rings is 2. The Morgan fingerprint density at radius 3 is 1.88 bits per heavy atom. The number of hydrogen-bond donors (Lipinski definition) is 14. The summed E-state index contributed by atoms with van der Waals surface area (Å²) in [6.45, 7) is 2.68. The van der Waals surface area contributed by atoms with Crippen LogP contribution in [-0.2, 0) is 34.8 Å². The summed E-state index contributed by atoms with van der Waals surface area (Å²) in [6.07, 6.45) is -31.6. The average molecular weight is 957 g/mol. The van der Waals surface area contributed by atoms with Gasteiger partial charge in [0.2, 0.25) is 23.8 Å². The van der Waals surface area contributed by atoms with E-state index in [1.807, 2.05) is 0 Å². The highest BCUT2D eigenvalue weighted by atomic mass is 16.8. The highest BCUT2D eigenvalue weighted by Crippen LogP contribution is 2.42. The molecule has 7 rings (SSSR count). The van der Waals surface area contributed by atoms with Crippen LogP contribution in [0.3, 0.4) is 0 Å². The van der Waals surface area contributed by atoms with Gasteiger partial charge in [-0.3, -0.25) is 4.79 Å². The molecule has 4 aliphatic heterocycles. The third kappa shape index (κ3) is 10.1. The number of aliphatic hydroxyl groups is 12. The van der Waals surface area contributed by atoms with Crippen LogP contribution in [-0.4, -0.2) is 208 Å². The van der Waals surface area contributed by atoms with Gasteiger partial charge in [0.15, 0.2) is 30.5 Å². The van der Waals surface area contributed by atoms with Crippen LogP contribution in [0, 0.1) is 0 Å². The van der Waals surface area contributed by atoms with Gasteiger partial charge in [-0.2, -0.15) is 0 Å². The number of fused-ring (bicyclic) bond motifs is 1. The zero-order valence-corrected chi connectivity index (χ0v) is 36.1. The minimum absolute atomic E-state index is 0.0282. The van der Waals surface area contributed by atoms with Crippen molar-refractivity contribution in [3.63, 3.8) is 0 Å². The van der Waals surface area contributed by atoms with Crippen LogP contribution in [0.15, 0.2) is 51.2 Å². The lowest BCUT2D eigenvalue weighted by molar-refractivity contribution is -0.357. The minimum atomic E-state index is -1.98. The van der Waals surface area contributed by atoms with Gasteiger partial charge in [0, 0.05) is 17.2 Å². The van der Waals surface area contributed by atoms with E-state index >= 15 is 0 Å². The molecule has 372 valence electrons. The summed E-state index contributed by atoms with van der Waals surface area (Å²) in [5, 5.41) is 148. The summed E-state index contributed by atoms with van der Waals surface area (Å²) in [5.74, 6) is -2.33. The Morgan fingerprint density at radius 2 is 1.25 bits per heavy atom. The van der Waals surface area contributed by atoms with E-state index in [9.17, 15) is 76.3 Å². The molecule has 0 aliphatic carbocycles. The predicted molar refractivity (Wildman–Crippen MR) is 221 cm³/mol. The normalized spacial score (nSPS) is 38.1. The number of aliphatic hydroxyl groups excluding tert-OH is 12. The van der Waals surface area contributed by atoms with Crippen molar-refractivity contribution in [2.75, 3.05) is 19.8 Å². The molecule has 24 heteroatoms. The van der Waals surface area contributed by atoms with Crippen molar-refractivity contribution in [2.45, 2.75) is 144 Å². The Kier molecular flexibility index (Phi) is 15.8. The number of allylic oxidation sites excluding steroid dienone is 2. The zero-order valence-electron chi connectivity index (χ0n) is 36.1. The predicted octanol–water partition coefficient (Wildman–Crippen LogP) is -3.95. The van der Waals surface area contributed by atoms with E-state index in [-0.39, 0.29) is 40.4 Å². The molecule has 0 amide bonds. The maximum atomic E-state index is 14.9. The summed E-state index contributed by atoms with van der Waals surface area (Å²) in [7, 11) is 0. The Hall–Kier alpha value is -4.13. The Balaban J connectivity index is 1.34. The van der Waals surface area contributed by atoms with Crippen molar-refractivity contribution in [1.82, 2.24) is 0 Å². The highest BCUT2D eigenvalue weighted by molar-refractivity contribution is 5.91. The second-order valence-electron chi connectivity index (χ2n) is 17.0. The highest BCUT2D eigenvalue weighted by Gasteiger charge is 2.53. The standard InChI is InChI=1S/C43H56O24/c1-14(2)4-9-18-21(61-43-39(32(56)28(52)23(12-45)63-43)67-41-34(58)30(54)27(51)22(11-44)62-41)10-19(47)24-29(53)37(35(64-36(18)24)16-5-7-17(46)8-6-16)65-42-38(31(55)25(49)15(3)60-42)66-40-33(57)26(50)20(48)13-59-40/h4-8,10,15,20,22-23,25-28,30-34,38-52,54-58H,9,11-13H2,1-3H3/t15-,20-,22-,23+,25-,26-,27+,28+,30-,31-,32-,33-,34?,38+,39+,40+,41-,42-,43+/m0/s1. The number of ether oxygens (including phenoxy) is 8. The molecule has 19 atom stereocenters. The number of hydrogen-bond acceptors (Lipinski definition) is 24. The van der Waals surface area contributed by atoms with Crippen LogP contribution in [0.25, 0.3) is 22.3 Å². The van der Waals surface area contributed by atoms with Gasteiger partial charge in [0.05, 0.1) is 25.9 Å². The maximum Gasteiger partial charge on any atom is 0.239 e. The van der Waals surface area contributed by atoms with Crippen molar-refractivity contribution in [1.29, 1.82) is 0 Å². The number of aromatic hydroxyl groups is 2. The zero-order chi connectivity index (χ0) is 48.8. The molecule has 0 saturated carbocycles. The Bertz CT molecular complexity index is 2250. The average Bonchev–Trinajstić information content (AvgIpc) is 3.29. The molecule has 4 fully saturated rings. The fourth-order valence-corrected chi connectivity index (χ4v) is 8.04. The van der Waals surface area contributed by atoms with Gasteiger partial charge < -0.3 is 114 Å². The summed E-state index contributed by atoms with van der Waals surface area (Å²) in [4.78, 5) is 14.9. The Labute approximate surface area is 380 Å². The van der Waals surface area contributed by atoms with Gasteiger partial charge in [-0.25, -0.2) is 0 Å². The molecule has 3 aromatic rings. The van der Waals surface area contributed by atoms with Crippen LogP contribution < -0.4 is 14.9 Å². The molecule has 24 nitrogen and oxygen atoms in total. The van der Waals surface area contributed by atoms with Crippen molar-refractivity contribution >= 4 is 11.0 Å². The molecule has 4 saturated heterocycles. The number of phenolic OH excluding ortho intramolecular Hbond substituents is 2. The lowest BCUT2D eigenvalue weighted by Gasteiger charge is -2.45. The summed E-state index contributed by atoms with van der Waals surface area (Å²) >= 11 is 0. The van der Waals surface area contributed by atoms with E-state index in [0.717, 1.165) is 11.6 Å². The molecule has 14 N–H and O–H groups in total. The fourth-order valence-electron chi connectivity index (χ4n) is 8.04. The molecular formula is C43H56O24. The topological polar surface area (TPSA) is 387 Å². The third-order valence-corrected chi connectivity index (χ3v) is 12.0. The third-order valence-electron chi connectivity index (χ3n) is 12.0. The first-order chi connectivity index (χ1) is 31.7. The molecule has 1 aromatic heterocycles.